The Labute approximate surface area is 118 Å². The third-order valence-electron chi connectivity index (χ3n) is 2.68. The van der Waals surface area contributed by atoms with Gasteiger partial charge in [-0.15, -0.1) is 0 Å². The number of halogens is 1. The van der Waals surface area contributed by atoms with Crippen LogP contribution in [0, 0.1) is 15.9 Å². The Hall–Kier alpha value is -2.71. The highest BCUT2D eigenvalue weighted by atomic mass is 19.1. The van der Waals surface area contributed by atoms with Crippen molar-refractivity contribution >= 4 is 23.3 Å². The molecule has 1 rings (SSSR count). The van der Waals surface area contributed by atoms with Gasteiger partial charge in [0.2, 0.25) is 5.91 Å². The lowest BCUT2D eigenvalue weighted by Gasteiger charge is -2.08. The van der Waals surface area contributed by atoms with Crippen LogP contribution < -0.4 is 11.1 Å². The van der Waals surface area contributed by atoms with Gasteiger partial charge in [-0.05, 0) is 18.9 Å². The first-order valence-electron chi connectivity index (χ1n) is 6.06. The van der Waals surface area contributed by atoms with E-state index in [1.54, 1.807) is 0 Å². The monoisotopic (exact) mass is 299 g/mol. The number of benzene rings is 1. The molecule has 1 aromatic rings. The number of anilines is 1. The third kappa shape index (κ3) is 4.71. The zero-order valence-corrected chi connectivity index (χ0v) is 11.0. The molecule has 1 amide bonds. The first kappa shape index (κ1) is 16.3. The van der Waals surface area contributed by atoms with Crippen LogP contribution in [0.1, 0.15) is 29.6 Å². The standard InChI is InChI=1S/C12H14FN3O5/c13-8-6-10(16(20)21)7(12(18)19)5-9(8)15-4-2-1-3-11(14)17/h5-6,15H,1-4H2,(H2,14,17)(H,18,19). The molecule has 0 aliphatic rings. The van der Waals surface area contributed by atoms with Crippen molar-refractivity contribution in [1.29, 1.82) is 0 Å². The van der Waals surface area contributed by atoms with Crippen molar-refractivity contribution in [2.75, 3.05) is 11.9 Å². The van der Waals surface area contributed by atoms with E-state index in [0.29, 0.717) is 18.9 Å². The molecule has 114 valence electrons. The predicted molar refractivity (Wildman–Crippen MR) is 71.5 cm³/mol. The van der Waals surface area contributed by atoms with Crippen LogP contribution in [0.5, 0.6) is 0 Å². The van der Waals surface area contributed by atoms with Crippen LogP contribution in [-0.2, 0) is 4.79 Å². The highest BCUT2D eigenvalue weighted by Crippen LogP contribution is 2.26. The number of carbonyl (C=O) groups is 2. The highest BCUT2D eigenvalue weighted by Gasteiger charge is 2.23. The molecule has 0 saturated heterocycles. The molecule has 4 N–H and O–H groups in total. The Balaban J connectivity index is 2.79. The van der Waals surface area contributed by atoms with Gasteiger partial charge in [-0.25, -0.2) is 9.18 Å². The number of aromatic carboxylic acids is 1. The van der Waals surface area contributed by atoms with E-state index in [2.05, 4.69) is 5.32 Å². The minimum absolute atomic E-state index is 0.142. The minimum Gasteiger partial charge on any atom is -0.477 e. The number of carbonyl (C=O) groups excluding carboxylic acids is 1. The van der Waals surface area contributed by atoms with Gasteiger partial charge in [0.15, 0.2) is 5.82 Å². The summed E-state index contributed by atoms with van der Waals surface area (Å²) in [5.74, 6) is -2.87. The van der Waals surface area contributed by atoms with Crippen molar-refractivity contribution < 1.29 is 24.0 Å². The van der Waals surface area contributed by atoms with Gasteiger partial charge in [0.25, 0.3) is 5.69 Å². The van der Waals surface area contributed by atoms with E-state index in [0.717, 1.165) is 6.07 Å². The number of unbranched alkanes of at least 4 members (excludes halogenated alkanes) is 1. The van der Waals surface area contributed by atoms with Crippen LogP contribution in [-0.4, -0.2) is 28.5 Å². The van der Waals surface area contributed by atoms with Gasteiger partial charge in [-0.2, -0.15) is 0 Å². The normalized spacial score (nSPS) is 10.1. The van der Waals surface area contributed by atoms with Crippen molar-refractivity contribution in [3.63, 3.8) is 0 Å². The largest absolute Gasteiger partial charge is 0.477 e. The molecular weight excluding hydrogens is 285 g/mol. The molecule has 21 heavy (non-hydrogen) atoms. The van der Waals surface area contributed by atoms with Crippen molar-refractivity contribution in [3.8, 4) is 0 Å². The summed E-state index contributed by atoms with van der Waals surface area (Å²) < 4.78 is 13.7. The van der Waals surface area contributed by atoms with Gasteiger partial charge >= 0.3 is 5.97 Å². The number of primary amides is 1. The number of carboxylic acids is 1. The summed E-state index contributed by atoms with van der Waals surface area (Å²) in [6.07, 6.45) is 1.22. The second-order valence-electron chi connectivity index (χ2n) is 4.26. The number of nitro benzene ring substituents is 1. The first-order valence-corrected chi connectivity index (χ1v) is 6.06. The molecule has 0 atom stereocenters. The van der Waals surface area contributed by atoms with Crippen LogP contribution in [0.4, 0.5) is 15.8 Å². The third-order valence-corrected chi connectivity index (χ3v) is 2.68. The molecular formula is C12H14FN3O5. The molecule has 0 spiro atoms. The van der Waals surface area contributed by atoms with Gasteiger partial charge in [0.1, 0.15) is 5.56 Å². The summed E-state index contributed by atoms with van der Waals surface area (Å²) in [4.78, 5) is 31.2. The molecule has 0 heterocycles. The van der Waals surface area contributed by atoms with Crippen LogP contribution in [0.25, 0.3) is 0 Å². The maximum absolute atomic E-state index is 13.7. The molecule has 0 aromatic heterocycles. The van der Waals surface area contributed by atoms with Gasteiger partial charge in [0, 0.05) is 13.0 Å². The molecule has 0 bridgehead atoms. The summed E-state index contributed by atoms with van der Waals surface area (Å²) >= 11 is 0. The van der Waals surface area contributed by atoms with E-state index in [-0.39, 0.29) is 18.7 Å². The highest BCUT2D eigenvalue weighted by molar-refractivity contribution is 5.93. The molecule has 0 aliphatic heterocycles. The topological polar surface area (TPSA) is 136 Å². The van der Waals surface area contributed by atoms with Gasteiger partial charge < -0.3 is 16.2 Å². The number of amides is 1. The maximum Gasteiger partial charge on any atom is 0.342 e. The van der Waals surface area contributed by atoms with E-state index < -0.39 is 33.9 Å². The number of nitrogens with two attached hydrogens (primary N) is 1. The number of hydrogen-bond donors (Lipinski definition) is 3. The fraction of sp³-hybridized carbons (Fsp3) is 0.333. The zero-order chi connectivity index (χ0) is 16.0. The van der Waals surface area contributed by atoms with Gasteiger partial charge in [0.05, 0.1) is 16.7 Å². The van der Waals surface area contributed by atoms with Gasteiger partial charge in [-0.1, -0.05) is 0 Å². The van der Waals surface area contributed by atoms with E-state index in [1.807, 2.05) is 0 Å². The smallest absolute Gasteiger partial charge is 0.342 e. The molecule has 1 aromatic carbocycles. The molecule has 0 aliphatic carbocycles. The summed E-state index contributed by atoms with van der Waals surface area (Å²) in [5.41, 5.74) is 3.42. The Kier molecular flexibility index (Phi) is 5.58. The lowest BCUT2D eigenvalue weighted by Crippen LogP contribution is -2.11. The summed E-state index contributed by atoms with van der Waals surface area (Å²) in [6.45, 7) is 0.279. The van der Waals surface area contributed by atoms with Crippen molar-refractivity contribution in [3.05, 3.63) is 33.6 Å². The van der Waals surface area contributed by atoms with Crippen LogP contribution in [0.3, 0.4) is 0 Å². The van der Waals surface area contributed by atoms with E-state index in [4.69, 9.17) is 10.8 Å². The first-order chi connectivity index (χ1) is 9.82. The molecule has 0 unspecified atom stereocenters. The second kappa shape index (κ2) is 7.17. The van der Waals surface area contributed by atoms with E-state index in [9.17, 15) is 24.1 Å². The lowest BCUT2D eigenvalue weighted by atomic mass is 10.1. The number of rotatable bonds is 8. The average Bonchev–Trinajstić information content (AvgIpc) is 2.38. The Morgan fingerprint density at radius 2 is 2.05 bits per heavy atom. The SMILES string of the molecule is NC(=O)CCCCNc1cc(C(=O)O)c([N+](=O)[O-])cc1F. The van der Waals surface area contributed by atoms with Crippen LogP contribution in [0.2, 0.25) is 0 Å². The number of nitro groups is 1. The van der Waals surface area contributed by atoms with Gasteiger partial charge in [-0.3, -0.25) is 14.9 Å². The zero-order valence-electron chi connectivity index (χ0n) is 11.0. The number of carboxylic acid groups (broad SMARTS) is 1. The summed E-state index contributed by atoms with van der Waals surface area (Å²) in [6, 6.07) is 1.44. The molecule has 0 radical (unpaired) electrons. The molecule has 0 fully saturated rings. The number of nitrogens with one attached hydrogen (secondary N) is 1. The second-order valence-corrected chi connectivity index (χ2v) is 4.26. The van der Waals surface area contributed by atoms with Crippen LogP contribution >= 0.6 is 0 Å². The van der Waals surface area contributed by atoms with Crippen molar-refractivity contribution in [1.82, 2.24) is 0 Å². The fourth-order valence-electron chi connectivity index (χ4n) is 1.67. The van der Waals surface area contributed by atoms with Crippen LogP contribution in [0.15, 0.2) is 12.1 Å². The Morgan fingerprint density at radius 3 is 2.57 bits per heavy atom. The number of nitrogens with zero attached hydrogens (tertiary/aromatic N) is 1. The summed E-state index contributed by atoms with van der Waals surface area (Å²) in [7, 11) is 0. The predicted octanol–water partition coefficient (Wildman–Crippen LogP) is 1.50. The molecule has 8 nitrogen and oxygen atoms in total. The average molecular weight is 299 g/mol. The maximum atomic E-state index is 13.7. The Morgan fingerprint density at radius 1 is 1.38 bits per heavy atom. The minimum atomic E-state index is -1.52. The number of hydrogen-bond acceptors (Lipinski definition) is 5. The fourth-order valence-corrected chi connectivity index (χ4v) is 1.67. The molecule has 9 heteroatoms. The van der Waals surface area contributed by atoms with E-state index in [1.165, 1.54) is 0 Å². The molecule has 0 saturated carbocycles. The van der Waals surface area contributed by atoms with Crippen molar-refractivity contribution in [2.24, 2.45) is 5.73 Å². The Bertz CT molecular complexity index is 576. The quantitative estimate of drug-likeness (QED) is 0.378. The summed E-state index contributed by atoms with van der Waals surface area (Å²) in [5, 5.41) is 22.2. The van der Waals surface area contributed by atoms with Crippen molar-refractivity contribution in [2.45, 2.75) is 19.3 Å². The lowest BCUT2D eigenvalue weighted by molar-refractivity contribution is -0.385. The van der Waals surface area contributed by atoms with E-state index >= 15 is 0 Å².